The van der Waals surface area contributed by atoms with E-state index in [1.54, 1.807) is 52.0 Å². The van der Waals surface area contributed by atoms with Crippen molar-refractivity contribution in [2.45, 2.75) is 47.6 Å². The van der Waals surface area contributed by atoms with Gasteiger partial charge in [-0.1, -0.05) is 38.4 Å². The third-order valence-electron chi connectivity index (χ3n) is 4.13. The number of thiophene rings is 1. The third-order valence-corrected chi connectivity index (χ3v) is 5.50. The van der Waals surface area contributed by atoms with E-state index in [9.17, 15) is 14.4 Å². The molecule has 2 rings (SSSR count). The van der Waals surface area contributed by atoms with Crippen LogP contribution in [-0.4, -0.2) is 23.9 Å². The Morgan fingerprint density at radius 1 is 1.07 bits per heavy atom. The zero-order valence-electron chi connectivity index (χ0n) is 17.3. The Balaban J connectivity index is 2.04. The highest BCUT2D eigenvalue weighted by Crippen LogP contribution is 2.29. The molecule has 0 radical (unpaired) electrons. The smallest absolute Gasteiger partial charge is 0.349 e. The number of benzene rings is 1. The molecule has 0 bridgehead atoms. The summed E-state index contributed by atoms with van der Waals surface area (Å²) in [5.74, 6) is -1.23. The van der Waals surface area contributed by atoms with Gasteiger partial charge in [-0.05, 0) is 50.1 Å². The predicted molar refractivity (Wildman–Crippen MR) is 117 cm³/mol. The minimum absolute atomic E-state index is 0.150. The van der Waals surface area contributed by atoms with E-state index < -0.39 is 23.4 Å². The molecule has 0 aliphatic heterocycles. The summed E-state index contributed by atoms with van der Waals surface area (Å²) in [6.45, 7) is 10.5. The predicted octanol–water partition coefficient (Wildman–Crippen LogP) is 5.19. The maximum absolute atomic E-state index is 12.5. The lowest BCUT2D eigenvalue weighted by molar-refractivity contribution is -0.124. The number of nitrogens with one attached hydrogen (secondary N) is 2. The first-order valence-corrected chi connectivity index (χ1v) is 10.3. The molecule has 0 aliphatic carbocycles. The lowest BCUT2D eigenvalue weighted by Crippen LogP contribution is -2.30. The molecule has 0 fully saturated rings. The second-order valence-corrected chi connectivity index (χ2v) is 9.31. The fourth-order valence-corrected chi connectivity index (χ4v) is 3.40. The van der Waals surface area contributed by atoms with Crippen LogP contribution in [-0.2, 0) is 14.3 Å². The summed E-state index contributed by atoms with van der Waals surface area (Å²) in [5, 5.41) is 6.57. The summed E-state index contributed by atoms with van der Waals surface area (Å²) in [6.07, 6.45) is -1.00. The number of carbonyl (C=O) groups is 3. The number of halogens is 1. The average molecular weight is 437 g/mol. The second kappa shape index (κ2) is 8.97. The molecule has 0 saturated carbocycles. The van der Waals surface area contributed by atoms with Gasteiger partial charge in [0.05, 0.1) is 5.00 Å². The van der Waals surface area contributed by atoms with E-state index in [4.69, 9.17) is 16.3 Å². The Bertz CT molecular complexity index is 947. The summed E-state index contributed by atoms with van der Waals surface area (Å²) in [5.41, 5.74) is 1.52. The lowest BCUT2D eigenvalue weighted by atomic mass is 9.96. The Hall–Kier alpha value is -2.38. The third kappa shape index (κ3) is 6.05. The fourth-order valence-electron chi connectivity index (χ4n) is 2.28. The van der Waals surface area contributed by atoms with E-state index in [1.807, 2.05) is 6.92 Å². The van der Waals surface area contributed by atoms with Crippen LogP contribution < -0.4 is 10.6 Å². The van der Waals surface area contributed by atoms with Gasteiger partial charge in [-0.25, -0.2) is 4.79 Å². The van der Waals surface area contributed by atoms with Gasteiger partial charge in [-0.3, -0.25) is 9.59 Å². The van der Waals surface area contributed by atoms with Gasteiger partial charge in [0.25, 0.3) is 5.91 Å². The number of carbonyl (C=O) groups excluding carboxylic acids is 3. The van der Waals surface area contributed by atoms with E-state index in [0.29, 0.717) is 26.2 Å². The van der Waals surface area contributed by atoms with Crippen LogP contribution in [0.3, 0.4) is 0 Å². The Morgan fingerprint density at radius 2 is 1.72 bits per heavy atom. The Kier molecular flexibility index (Phi) is 7.08. The summed E-state index contributed by atoms with van der Waals surface area (Å²) < 4.78 is 5.32. The summed E-state index contributed by atoms with van der Waals surface area (Å²) in [4.78, 5) is 37.4. The van der Waals surface area contributed by atoms with Gasteiger partial charge in [0.2, 0.25) is 5.91 Å². The van der Waals surface area contributed by atoms with E-state index in [1.165, 1.54) is 6.92 Å². The maximum atomic E-state index is 12.5. The van der Waals surface area contributed by atoms with E-state index >= 15 is 0 Å². The highest BCUT2D eigenvalue weighted by molar-refractivity contribution is 7.18. The number of amides is 2. The number of hydrogen-bond acceptors (Lipinski definition) is 5. The first-order chi connectivity index (χ1) is 13.4. The fraction of sp³-hybridized carbons (Fsp3) is 0.381. The molecule has 29 heavy (non-hydrogen) atoms. The zero-order valence-corrected chi connectivity index (χ0v) is 18.9. The highest BCUT2D eigenvalue weighted by Gasteiger charge is 2.25. The van der Waals surface area contributed by atoms with Crippen molar-refractivity contribution < 1.29 is 19.1 Å². The van der Waals surface area contributed by atoms with Gasteiger partial charge in [0.15, 0.2) is 6.10 Å². The molecule has 0 saturated heterocycles. The first kappa shape index (κ1) is 22.9. The lowest BCUT2D eigenvalue weighted by Gasteiger charge is -2.16. The van der Waals surface area contributed by atoms with Crippen molar-refractivity contribution in [1.82, 2.24) is 0 Å². The number of rotatable bonds is 5. The molecule has 2 amide bonds. The van der Waals surface area contributed by atoms with Crippen molar-refractivity contribution in [2.75, 3.05) is 10.6 Å². The van der Waals surface area contributed by atoms with Crippen molar-refractivity contribution >= 4 is 51.4 Å². The number of hydrogen-bond donors (Lipinski definition) is 2. The molecule has 0 spiro atoms. The number of aryl methyl sites for hydroxylation is 2. The van der Waals surface area contributed by atoms with Gasteiger partial charge in [-0.2, -0.15) is 0 Å². The topological polar surface area (TPSA) is 84.5 Å². The molecule has 1 aromatic carbocycles. The minimum atomic E-state index is -1.00. The van der Waals surface area contributed by atoms with Gasteiger partial charge in [-0.15, -0.1) is 11.3 Å². The monoisotopic (exact) mass is 436 g/mol. The van der Waals surface area contributed by atoms with Crippen molar-refractivity contribution in [2.24, 2.45) is 5.41 Å². The SMILES string of the molecule is Cc1ccc(Cl)cc1NC(=O)C(C)OC(=O)c1sc(NC(=O)C(C)(C)C)cc1C. The molecular weight excluding hydrogens is 412 g/mol. The molecule has 2 aromatic rings. The molecule has 6 nitrogen and oxygen atoms in total. The van der Waals surface area contributed by atoms with Crippen LogP contribution >= 0.6 is 22.9 Å². The second-order valence-electron chi connectivity index (χ2n) is 7.82. The molecule has 0 aliphatic rings. The molecule has 1 atom stereocenters. The maximum Gasteiger partial charge on any atom is 0.349 e. The van der Waals surface area contributed by atoms with Gasteiger partial charge >= 0.3 is 5.97 Å². The van der Waals surface area contributed by atoms with Crippen LogP contribution in [0.5, 0.6) is 0 Å². The summed E-state index contributed by atoms with van der Waals surface area (Å²) >= 11 is 7.08. The van der Waals surface area contributed by atoms with Crippen LogP contribution in [0, 0.1) is 19.3 Å². The van der Waals surface area contributed by atoms with E-state index in [2.05, 4.69) is 10.6 Å². The van der Waals surface area contributed by atoms with Crippen molar-refractivity contribution in [3.8, 4) is 0 Å². The number of ether oxygens (including phenoxy) is 1. The van der Waals surface area contributed by atoms with E-state index in [0.717, 1.165) is 16.9 Å². The number of esters is 1. The molecular formula is C21H25ClN2O4S. The normalized spacial score (nSPS) is 12.2. The molecule has 1 aromatic heterocycles. The molecule has 1 unspecified atom stereocenters. The van der Waals surface area contributed by atoms with Crippen molar-refractivity contribution in [1.29, 1.82) is 0 Å². The Labute approximate surface area is 179 Å². The van der Waals surface area contributed by atoms with Crippen LogP contribution in [0.15, 0.2) is 24.3 Å². The largest absolute Gasteiger partial charge is 0.448 e. The molecule has 1 heterocycles. The van der Waals surface area contributed by atoms with Crippen molar-refractivity contribution in [3.05, 3.63) is 45.3 Å². The minimum Gasteiger partial charge on any atom is -0.448 e. The average Bonchev–Trinajstić information content (AvgIpc) is 2.97. The quantitative estimate of drug-likeness (QED) is 0.632. The summed E-state index contributed by atoms with van der Waals surface area (Å²) in [7, 11) is 0. The van der Waals surface area contributed by atoms with Gasteiger partial charge < -0.3 is 15.4 Å². The van der Waals surface area contributed by atoms with Crippen molar-refractivity contribution in [3.63, 3.8) is 0 Å². The van der Waals surface area contributed by atoms with Crippen LogP contribution in [0.1, 0.15) is 48.5 Å². The molecule has 2 N–H and O–H groups in total. The number of anilines is 2. The molecule has 156 valence electrons. The molecule has 8 heteroatoms. The zero-order chi connectivity index (χ0) is 21.9. The standard InChI is InChI=1S/C21H25ClN2O4S/c1-11-7-8-14(22)10-15(11)23-18(25)13(3)28-19(26)17-12(2)9-16(29-17)24-20(27)21(4,5)6/h7-10,13H,1-6H3,(H,23,25)(H,24,27). The van der Waals surface area contributed by atoms with Gasteiger partial charge in [0.1, 0.15) is 4.88 Å². The van der Waals surface area contributed by atoms with Gasteiger partial charge in [0, 0.05) is 16.1 Å². The Morgan fingerprint density at radius 3 is 2.34 bits per heavy atom. The van der Waals surface area contributed by atoms with Crippen LogP contribution in [0.4, 0.5) is 10.7 Å². The van der Waals surface area contributed by atoms with E-state index in [-0.39, 0.29) is 5.91 Å². The first-order valence-electron chi connectivity index (χ1n) is 9.08. The highest BCUT2D eigenvalue weighted by atomic mass is 35.5. The van der Waals surface area contributed by atoms with Crippen LogP contribution in [0.2, 0.25) is 5.02 Å². The van der Waals surface area contributed by atoms with Crippen LogP contribution in [0.25, 0.3) is 0 Å². The summed E-state index contributed by atoms with van der Waals surface area (Å²) in [6, 6.07) is 6.87.